The molecule has 0 aliphatic carbocycles. The Morgan fingerprint density at radius 1 is 1.03 bits per heavy atom. The van der Waals surface area contributed by atoms with Crippen LogP contribution in [-0.4, -0.2) is 23.4 Å². The number of aromatic nitrogens is 3. The molecule has 2 N–H and O–H groups in total. The monoisotopic (exact) mass is 518 g/mol. The third-order valence-corrected chi connectivity index (χ3v) is 8.25. The summed E-state index contributed by atoms with van der Waals surface area (Å²) in [5.41, 5.74) is 4.84. The van der Waals surface area contributed by atoms with E-state index in [2.05, 4.69) is 15.0 Å². The van der Waals surface area contributed by atoms with Gasteiger partial charge in [-0.05, 0) is 30.3 Å². The van der Waals surface area contributed by atoms with Gasteiger partial charge in [0.05, 0.1) is 37.5 Å². The van der Waals surface area contributed by atoms with Gasteiger partial charge in [-0.25, -0.2) is 36.5 Å². The van der Waals surface area contributed by atoms with Crippen molar-refractivity contribution in [2.24, 2.45) is 0 Å². The Morgan fingerprint density at radius 2 is 1.77 bits per heavy atom. The van der Waals surface area contributed by atoms with Crippen LogP contribution in [0.25, 0.3) is 21.8 Å². The predicted octanol–water partition coefficient (Wildman–Crippen LogP) is 5.54. The van der Waals surface area contributed by atoms with Gasteiger partial charge in [0.25, 0.3) is 0 Å². The zero-order valence-corrected chi connectivity index (χ0v) is 20.6. The van der Waals surface area contributed by atoms with Crippen molar-refractivity contribution < 1.29 is 21.6 Å². The SMILES string of the molecule is CC(C)(C)c1nc(-c2c(F)ccc(CS(=O)(=O)c3cccc(F)c3)c2F)c(-c2ccnc(N)n2)s1. The Labute approximate surface area is 204 Å². The number of nitrogens with two attached hydrogens (primary N) is 1. The first-order valence-corrected chi connectivity index (χ1v) is 12.9. The summed E-state index contributed by atoms with van der Waals surface area (Å²) in [6, 6.07) is 8.02. The lowest BCUT2D eigenvalue weighted by molar-refractivity contribution is 0.570. The van der Waals surface area contributed by atoms with E-state index in [0.717, 1.165) is 24.3 Å². The molecule has 0 atom stereocenters. The fourth-order valence-corrected chi connectivity index (χ4v) is 5.83. The summed E-state index contributed by atoms with van der Waals surface area (Å²) in [4.78, 5) is 12.6. The Hall–Kier alpha value is -3.31. The molecule has 2 heterocycles. The largest absolute Gasteiger partial charge is 0.368 e. The minimum Gasteiger partial charge on any atom is -0.368 e. The van der Waals surface area contributed by atoms with Crippen LogP contribution in [-0.2, 0) is 21.0 Å². The highest BCUT2D eigenvalue weighted by atomic mass is 32.2. The lowest BCUT2D eigenvalue weighted by Crippen LogP contribution is -2.10. The molecule has 0 saturated heterocycles. The van der Waals surface area contributed by atoms with Crippen LogP contribution in [0.3, 0.4) is 0 Å². The molecule has 6 nitrogen and oxygen atoms in total. The van der Waals surface area contributed by atoms with Gasteiger partial charge < -0.3 is 5.73 Å². The Bertz CT molecular complexity index is 1530. The number of benzene rings is 2. The first-order valence-electron chi connectivity index (χ1n) is 10.4. The second-order valence-electron chi connectivity index (χ2n) is 8.86. The fourth-order valence-electron chi connectivity index (χ4n) is 3.36. The van der Waals surface area contributed by atoms with Crippen LogP contribution in [0, 0.1) is 17.5 Å². The number of hydrogen-bond acceptors (Lipinski definition) is 7. The van der Waals surface area contributed by atoms with Crippen LogP contribution >= 0.6 is 11.3 Å². The van der Waals surface area contributed by atoms with E-state index < -0.39 is 44.0 Å². The summed E-state index contributed by atoms with van der Waals surface area (Å²) in [5, 5.41) is 0.594. The van der Waals surface area contributed by atoms with E-state index >= 15 is 8.78 Å². The number of halogens is 3. The van der Waals surface area contributed by atoms with Crippen molar-refractivity contribution >= 4 is 27.1 Å². The first kappa shape index (κ1) is 24.8. The highest BCUT2D eigenvalue weighted by Crippen LogP contribution is 2.42. The zero-order chi connectivity index (χ0) is 25.5. The van der Waals surface area contributed by atoms with Crippen LogP contribution in [0.15, 0.2) is 53.6 Å². The lowest BCUT2D eigenvalue weighted by atomic mass is 9.98. The maximum atomic E-state index is 15.8. The molecule has 0 spiro atoms. The molecule has 0 unspecified atom stereocenters. The summed E-state index contributed by atoms with van der Waals surface area (Å²) in [5.74, 6) is -3.53. The minimum atomic E-state index is -4.11. The number of thiazole rings is 1. The van der Waals surface area contributed by atoms with Crippen molar-refractivity contribution in [1.82, 2.24) is 15.0 Å². The van der Waals surface area contributed by atoms with Gasteiger partial charge in [0.2, 0.25) is 5.95 Å². The molecule has 0 aliphatic rings. The number of hydrogen-bond donors (Lipinski definition) is 1. The average molecular weight is 519 g/mol. The Balaban J connectivity index is 1.88. The molecule has 2 aromatic carbocycles. The smallest absolute Gasteiger partial charge is 0.220 e. The van der Waals surface area contributed by atoms with E-state index in [0.29, 0.717) is 15.6 Å². The average Bonchev–Trinajstić information content (AvgIpc) is 3.21. The summed E-state index contributed by atoms with van der Waals surface area (Å²) < 4.78 is 70.1. The highest BCUT2D eigenvalue weighted by Gasteiger charge is 2.29. The van der Waals surface area contributed by atoms with Gasteiger partial charge in [-0.2, -0.15) is 0 Å². The molecule has 4 aromatic rings. The Morgan fingerprint density at radius 3 is 2.43 bits per heavy atom. The van der Waals surface area contributed by atoms with Gasteiger partial charge >= 0.3 is 0 Å². The van der Waals surface area contributed by atoms with Crippen molar-refractivity contribution in [3.05, 3.63) is 76.7 Å². The van der Waals surface area contributed by atoms with Gasteiger partial charge in [-0.15, -0.1) is 11.3 Å². The minimum absolute atomic E-state index is 0.0157. The standard InChI is InChI=1S/C24H21F3N4O2S2/c1-24(2,3)22-31-20(21(34-22)17-9-10-29-23(28)30-17)18-16(26)8-7-13(19(18)27)12-35(32,33)15-6-4-5-14(25)11-15/h4-11H,12H2,1-3H3,(H2,28,29,30). The van der Waals surface area contributed by atoms with Gasteiger partial charge in [-0.3, -0.25) is 0 Å². The fraction of sp³-hybridized carbons (Fsp3) is 0.208. The number of nitrogen functional groups attached to an aromatic ring is 1. The molecule has 0 radical (unpaired) electrons. The number of anilines is 1. The zero-order valence-electron chi connectivity index (χ0n) is 19.0. The van der Waals surface area contributed by atoms with Crippen LogP contribution in [0.2, 0.25) is 0 Å². The summed E-state index contributed by atoms with van der Waals surface area (Å²) >= 11 is 1.21. The van der Waals surface area contributed by atoms with Crippen molar-refractivity contribution in [1.29, 1.82) is 0 Å². The highest BCUT2D eigenvalue weighted by molar-refractivity contribution is 7.90. The van der Waals surface area contributed by atoms with E-state index in [4.69, 9.17) is 5.73 Å². The maximum Gasteiger partial charge on any atom is 0.220 e. The van der Waals surface area contributed by atoms with Gasteiger partial charge in [0.15, 0.2) is 9.84 Å². The third-order valence-electron chi connectivity index (χ3n) is 5.08. The molecule has 0 amide bonds. The van der Waals surface area contributed by atoms with Crippen molar-refractivity contribution in [3.63, 3.8) is 0 Å². The van der Waals surface area contributed by atoms with Crippen LogP contribution < -0.4 is 5.73 Å². The summed E-state index contributed by atoms with van der Waals surface area (Å²) in [6.07, 6.45) is 1.42. The normalized spacial score (nSPS) is 12.2. The molecule has 2 aromatic heterocycles. The number of rotatable bonds is 5. The molecular weight excluding hydrogens is 497 g/mol. The molecule has 0 aliphatic heterocycles. The second kappa shape index (κ2) is 9.04. The van der Waals surface area contributed by atoms with Crippen molar-refractivity contribution in [2.45, 2.75) is 36.8 Å². The predicted molar refractivity (Wildman–Crippen MR) is 129 cm³/mol. The van der Waals surface area contributed by atoms with E-state index in [9.17, 15) is 12.8 Å². The molecular formula is C24H21F3N4O2S2. The number of nitrogens with zero attached hydrogens (tertiary/aromatic N) is 3. The Kier molecular flexibility index (Phi) is 6.41. The third kappa shape index (κ3) is 5.06. The summed E-state index contributed by atoms with van der Waals surface area (Å²) in [6.45, 7) is 5.72. The van der Waals surface area contributed by atoms with Crippen LogP contribution in [0.4, 0.5) is 19.1 Å². The van der Waals surface area contributed by atoms with Gasteiger partial charge in [0.1, 0.15) is 17.5 Å². The lowest BCUT2D eigenvalue weighted by Gasteiger charge is -2.13. The maximum absolute atomic E-state index is 15.8. The van der Waals surface area contributed by atoms with Crippen LogP contribution in [0.5, 0.6) is 0 Å². The topological polar surface area (TPSA) is 98.8 Å². The van der Waals surface area contributed by atoms with E-state index in [-0.39, 0.29) is 22.1 Å². The molecule has 11 heteroatoms. The molecule has 4 rings (SSSR count). The van der Waals surface area contributed by atoms with E-state index in [1.807, 2.05) is 20.8 Å². The first-order chi connectivity index (χ1) is 16.4. The van der Waals surface area contributed by atoms with Gasteiger partial charge in [0, 0.05) is 17.2 Å². The van der Waals surface area contributed by atoms with Crippen molar-refractivity contribution in [2.75, 3.05) is 5.73 Å². The molecule has 35 heavy (non-hydrogen) atoms. The molecule has 182 valence electrons. The molecule has 0 saturated carbocycles. The van der Waals surface area contributed by atoms with E-state index in [1.165, 1.54) is 29.7 Å². The van der Waals surface area contributed by atoms with Crippen molar-refractivity contribution in [3.8, 4) is 21.8 Å². The molecule has 0 bridgehead atoms. The second-order valence-corrected chi connectivity index (χ2v) is 11.8. The van der Waals surface area contributed by atoms with Gasteiger partial charge in [-0.1, -0.05) is 32.9 Å². The van der Waals surface area contributed by atoms with E-state index in [1.54, 1.807) is 6.07 Å². The van der Waals surface area contributed by atoms with Crippen LogP contribution in [0.1, 0.15) is 31.3 Å². The quantitative estimate of drug-likeness (QED) is 0.373. The number of sulfone groups is 1. The summed E-state index contributed by atoms with van der Waals surface area (Å²) in [7, 11) is -4.11. The molecule has 0 fully saturated rings.